The van der Waals surface area contributed by atoms with Crippen molar-refractivity contribution in [1.82, 2.24) is 0 Å². The largest absolute Gasteiger partial charge is 0.492 e. The molecule has 0 saturated heterocycles. The van der Waals surface area contributed by atoms with E-state index in [9.17, 15) is 9.59 Å². The van der Waals surface area contributed by atoms with E-state index in [2.05, 4.69) is 10.6 Å². The summed E-state index contributed by atoms with van der Waals surface area (Å²) in [5.41, 5.74) is 3.33. The lowest BCUT2D eigenvalue weighted by atomic mass is 10.1. The van der Waals surface area contributed by atoms with Gasteiger partial charge in [0, 0.05) is 17.7 Å². The second kappa shape index (κ2) is 11.0. The lowest BCUT2D eigenvalue weighted by Crippen LogP contribution is -2.17. The van der Waals surface area contributed by atoms with Gasteiger partial charge >= 0.3 is 0 Å². The molecule has 32 heavy (non-hydrogen) atoms. The molecule has 166 valence electrons. The van der Waals surface area contributed by atoms with Crippen LogP contribution < -0.4 is 20.1 Å². The van der Waals surface area contributed by atoms with E-state index in [0.29, 0.717) is 41.7 Å². The molecule has 0 spiro atoms. The third kappa shape index (κ3) is 5.88. The highest BCUT2D eigenvalue weighted by Gasteiger charge is 2.17. The minimum atomic E-state index is -0.243. The average Bonchev–Trinajstić information content (AvgIpc) is 2.77. The molecular weight excluding hydrogens is 404 g/mol. The minimum absolute atomic E-state index is 0.170. The summed E-state index contributed by atoms with van der Waals surface area (Å²) >= 11 is 0. The molecule has 0 bridgehead atoms. The summed E-state index contributed by atoms with van der Waals surface area (Å²) in [6.07, 6.45) is 0.238. The summed E-state index contributed by atoms with van der Waals surface area (Å²) in [6, 6.07) is 20.2. The molecule has 6 heteroatoms. The van der Waals surface area contributed by atoms with Gasteiger partial charge in [-0.05, 0) is 38.0 Å². The number of carbonyl (C=O) groups excluding carboxylic acids is 2. The quantitative estimate of drug-likeness (QED) is 0.486. The van der Waals surface area contributed by atoms with Crippen molar-refractivity contribution in [2.24, 2.45) is 0 Å². The molecule has 0 aliphatic carbocycles. The van der Waals surface area contributed by atoms with Crippen LogP contribution in [0, 0.1) is 6.92 Å². The Labute approximate surface area is 188 Å². The lowest BCUT2D eigenvalue weighted by molar-refractivity contribution is -0.115. The molecule has 3 aromatic rings. The van der Waals surface area contributed by atoms with Crippen molar-refractivity contribution in [1.29, 1.82) is 0 Å². The number of rotatable bonds is 9. The second-order valence-electron chi connectivity index (χ2n) is 7.19. The van der Waals surface area contributed by atoms with E-state index < -0.39 is 0 Å². The van der Waals surface area contributed by atoms with Gasteiger partial charge < -0.3 is 20.1 Å². The number of benzene rings is 3. The average molecular weight is 433 g/mol. The first-order valence-corrected chi connectivity index (χ1v) is 10.7. The number of aryl methyl sites for hydroxylation is 1. The number of anilines is 2. The lowest BCUT2D eigenvalue weighted by Gasteiger charge is -2.18. The first-order chi connectivity index (χ1) is 15.5. The summed E-state index contributed by atoms with van der Waals surface area (Å²) in [5, 5.41) is 5.82. The fourth-order valence-electron chi connectivity index (χ4n) is 3.30. The summed E-state index contributed by atoms with van der Waals surface area (Å²) in [6.45, 7) is 6.41. The van der Waals surface area contributed by atoms with Crippen molar-refractivity contribution in [3.05, 3.63) is 83.4 Å². The number of hydrogen-bond acceptors (Lipinski definition) is 4. The molecule has 3 rings (SSSR count). The number of amides is 2. The van der Waals surface area contributed by atoms with Crippen LogP contribution in [0.1, 0.15) is 35.3 Å². The normalized spacial score (nSPS) is 10.3. The van der Waals surface area contributed by atoms with Crippen LogP contribution in [0.4, 0.5) is 11.4 Å². The Morgan fingerprint density at radius 1 is 0.781 bits per heavy atom. The van der Waals surface area contributed by atoms with Gasteiger partial charge in [0.05, 0.1) is 31.0 Å². The Morgan fingerprint density at radius 2 is 1.34 bits per heavy atom. The second-order valence-corrected chi connectivity index (χ2v) is 7.19. The van der Waals surface area contributed by atoms with Crippen molar-refractivity contribution < 1.29 is 19.1 Å². The van der Waals surface area contributed by atoms with Gasteiger partial charge in [-0.1, -0.05) is 48.5 Å². The van der Waals surface area contributed by atoms with Crippen molar-refractivity contribution in [3.63, 3.8) is 0 Å². The maximum Gasteiger partial charge on any atom is 0.256 e. The molecule has 0 fully saturated rings. The molecule has 0 radical (unpaired) electrons. The van der Waals surface area contributed by atoms with Gasteiger partial charge in [-0.2, -0.15) is 0 Å². The van der Waals surface area contributed by atoms with Crippen LogP contribution in [-0.4, -0.2) is 25.0 Å². The predicted molar refractivity (Wildman–Crippen MR) is 127 cm³/mol. The first-order valence-electron chi connectivity index (χ1n) is 10.7. The van der Waals surface area contributed by atoms with E-state index in [1.54, 1.807) is 18.2 Å². The SMILES string of the molecule is CCOc1cc(NC(=O)c2ccccc2C)c(OCC)cc1NC(=O)Cc1ccccc1. The molecule has 0 saturated carbocycles. The van der Waals surface area contributed by atoms with Gasteiger partial charge in [0.15, 0.2) is 0 Å². The molecule has 0 aliphatic rings. The van der Waals surface area contributed by atoms with Crippen molar-refractivity contribution in [2.75, 3.05) is 23.8 Å². The van der Waals surface area contributed by atoms with E-state index in [0.717, 1.165) is 11.1 Å². The van der Waals surface area contributed by atoms with Crippen molar-refractivity contribution in [3.8, 4) is 11.5 Å². The highest BCUT2D eigenvalue weighted by molar-refractivity contribution is 6.06. The monoisotopic (exact) mass is 432 g/mol. The minimum Gasteiger partial charge on any atom is -0.492 e. The molecular formula is C26H28N2O4. The Hall–Kier alpha value is -3.80. The van der Waals surface area contributed by atoms with Crippen LogP contribution in [0.15, 0.2) is 66.7 Å². The molecule has 0 aliphatic heterocycles. The van der Waals surface area contributed by atoms with Crippen LogP contribution >= 0.6 is 0 Å². The zero-order chi connectivity index (χ0) is 22.9. The third-order valence-corrected chi connectivity index (χ3v) is 4.80. The topological polar surface area (TPSA) is 76.7 Å². The third-order valence-electron chi connectivity index (χ3n) is 4.80. The first kappa shape index (κ1) is 22.9. The van der Waals surface area contributed by atoms with Gasteiger partial charge in [0.1, 0.15) is 11.5 Å². The van der Waals surface area contributed by atoms with Crippen molar-refractivity contribution >= 4 is 23.2 Å². The van der Waals surface area contributed by atoms with E-state index >= 15 is 0 Å². The summed E-state index contributed by atoms with van der Waals surface area (Å²) in [7, 11) is 0. The number of nitrogens with one attached hydrogen (secondary N) is 2. The van der Waals surface area contributed by atoms with Gasteiger partial charge in [0.25, 0.3) is 5.91 Å². The van der Waals surface area contributed by atoms with Gasteiger partial charge in [-0.25, -0.2) is 0 Å². The zero-order valence-electron chi connectivity index (χ0n) is 18.6. The smallest absolute Gasteiger partial charge is 0.256 e. The molecule has 0 aromatic heterocycles. The fourth-order valence-corrected chi connectivity index (χ4v) is 3.30. The van der Waals surface area contributed by atoms with Gasteiger partial charge in [-0.15, -0.1) is 0 Å². The number of hydrogen-bond donors (Lipinski definition) is 2. The summed E-state index contributed by atoms with van der Waals surface area (Å²) in [4.78, 5) is 25.5. The van der Waals surface area contributed by atoms with E-state index in [1.807, 2.05) is 69.3 Å². The molecule has 3 aromatic carbocycles. The molecule has 0 atom stereocenters. The molecule has 0 unspecified atom stereocenters. The maximum absolute atomic E-state index is 12.8. The van der Waals surface area contributed by atoms with Crippen LogP contribution in [0.2, 0.25) is 0 Å². The molecule has 0 heterocycles. The van der Waals surface area contributed by atoms with Crippen molar-refractivity contribution in [2.45, 2.75) is 27.2 Å². The Morgan fingerprint density at radius 3 is 1.94 bits per heavy atom. The molecule has 6 nitrogen and oxygen atoms in total. The molecule has 2 N–H and O–H groups in total. The Bertz CT molecular complexity index is 1080. The van der Waals surface area contributed by atoms with Crippen LogP contribution in [0.3, 0.4) is 0 Å². The standard InChI is InChI=1S/C26H28N2O4/c1-4-31-23-17-22(28-26(30)20-14-10-9-11-18(20)3)24(32-5-2)16-21(23)27-25(29)15-19-12-7-6-8-13-19/h6-14,16-17H,4-5,15H2,1-3H3,(H,27,29)(H,28,30). The molecule has 2 amide bonds. The number of carbonyl (C=O) groups is 2. The van der Waals surface area contributed by atoms with Gasteiger partial charge in [0.2, 0.25) is 5.91 Å². The highest BCUT2D eigenvalue weighted by Crippen LogP contribution is 2.37. The Kier molecular flexibility index (Phi) is 7.86. The van der Waals surface area contributed by atoms with Gasteiger partial charge in [-0.3, -0.25) is 9.59 Å². The number of ether oxygens (including phenoxy) is 2. The predicted octanol–water partition coefficient (Wildman–Crippen LogP) is 5.23. The van der Waals surface area contributed by atoms with E-state index in [4.69, 9.17) is 9.47 Å². The van der Waals surface area contributed by atoms with Crippen LogP contribution in [-0.2, 0) is 11.2 Å². The zero-order valence-corrected chi connectivity index (χ0v) is 18.6. The summed E-state index contributed by atoms with van der Waals surface area (Å²) < 4.78 is 11.5. The van der Waals surface area contributed by atoms with Crippen LogP contribution in [0.5, 0.6) is 11.5 Å². The summed E-state index contributed by atoms with van der Waals surface area (Å²) in [5.74, 6) is 0.494. The highest BCUT2D eigenvalue weighted by atomic mass is 16.5. The van der Waals surface area contributed by atoms with Crippen LogP contribution in [0.25, 0.3) is 0 Å². The van der Waals surface area contributed by atoms with E-state index in [-0.39, 0.29) is 18.2 Å². The maximum atomic E-state index is 12.8. The fraction of sp³-hybridized carbons (Fsp3) is 0.231. The Balaban J connectivity index is 1.88. The van der Waals surface area contributed by atoms with E-state index in [1.165, 1.54) is 0 Å².